The second-order valence-electron chi connectivity index (χ2n) is 5.77. The van der Waals surface area contributed by atoms with Crippen LogP contribution in [0.25, 0.3) is 0 Å². The highest BCUT2D eigenvalue weighted by atomic mass is 16.5. The van der Waals surface area contributed by atoms with E-state index in [1.165, 1.54) is 0 Å². The predicted octanol–water partition coefficient (Wildman–Crippen LogP) is 1.86. The monoisotopic (exact) mass is 264 g/mol. The molecule has 1 amide bonds. The van der Waals surface area contributed by atoms with Gasteiger partial charge in [0.2, 0.25) is 5.91 Å². The number of benzene rings is 1. The molecule has 0 spiro atoms. The van der Waals surface area contributed by atoms with E-state index in [1.807, 2.05) is 51.1 Å². The molecule has 0 aliphatic heterocycles. The molecule has 106 valence electrons. The van der Waals surface area contributed by atoms with E-state index < -0.39 is 6.04 Å². The Bertz CT molecular complexity index is 398. The Hall–Kier alpha value is -1.39. The fourth-order valence-corrected chi connectivity index (χ4v) is 1.73. The van der Waals surface area contributed by atoms with Crippen molar-refractivity contribution in [2.24, 2.45) is 11.1 Å². The summed E-state index contributed by atoms with van der Waals surface area (Å²) in [6.07, 6.45) is 0. The molecule has 3 N–H and O–H groups in total. The molecule has 0 saturated heterocycles. The van der Waals surface area contributed by atoms with E-state index in [4.69, 9.17) is 10.5 Å². The Morgan fingerprint density at radius 2 is 1.89 bits per heavy atom. The number of nitrogens with one attached hydrogen (secondary N) is 1. The summed E-state index contributed by atoms with van der Waals surface area (Å²) in [5, 5.41) is 2.95. The third-order valence-corrected chi connectivity index (χ3v) is 3.07. The molecule has 1 aromatic rings. The molecular formula is C15H24N2O2. The van der Waals surface area contributed by atoms with Crippen LogP contribution in [0.2, 0.25) is 0 Å². The average Bonchev–Trinajstić information content (AvgIpc) is 2.37. The second kappa shape index (κ2) is 6.68. The van der Waals surface area contributed by atoms with Gasteiger partial charge in [0.15, 0.2) is 0 Å². The summed E-state index contributed by atoms with van der Waals surface area (Å²) in [6.45, 7) is 6.27. The number of methoxy groups -OCH3 is 1. The maximum Gasteiger partial charge on any atom is 0.238 e. The van der Waals surface area contributed by atoms with Crippen LogP contribution in [0.5, 0.6) is 0 Å². The Labute approximate surface area is 115 Å². The molecule has 0 aliphatic carbocycles. The number of ether oxygens (including phenoxy) is 1. The van der Waals surface area contributed by atoms with Crippen molar-refractivity contribution in [2.45, 2.75) is 32.9 Å². The van der Waals surface area contributed by atoms with Gasteiger partial charge in [-0.3, -0.25) is 4.79 Å². The molecule has 0 radical (unpaired) electrons. The lowest BCUT2D eigenvalue weighted by atomic mass is 9.86. The standard InChI is InChI=1S/C15H24N2O2/c1-15(2,3)13(16)14(18)17-12(10-19-4)11-8-6-5-7-9-11/h5-9,12-13H,10,16H2,1-4H3,(H,17,18). The molecule has 0 heterocycles. The molecule has 4 nitrogen and oxygen atoms in total. The molecule has 2 atom stereocenters. The number of nitrogens with two attached hydrogens (primary N) is 1. The van der Waals surface area contributed by atoms with Crippen molar-refractivity contribution in [3.63, 3.8) is 0 Å². The fraction of sp³-hybridized carbons (Fsp3) is 0.533. The van der Waals surface area contributed by atoms with Crippen LogP contribution in [-0.4, -0.2) is 25.7 Å². The van der Waals surface area contributed by atoms with Crippen molar-refractivity contribution < 1.29 is 9.53 Å². The summed E-state index contributed by atoms with van der Waals surface area (Å²) in [5.41, 5.74) is 6.71. The second-order valence-corrected chi connectivity index (χ2v) is 5.77. The van der Waals surface area contributed by atoms with Gasteiger partial charge in [0.1, 0.15) is 0 Å². The molecular weight excluding hydrogens is 240 g/mol. The Morgan fingerprint density at radius 3 is 2.37 bits per heavy atom. The van der Waals surface area contributed by atoms with Crippen LogP contribution in [-0.2, 0) is 9.53 Å². The first-order valence-electron chi connectivity index (χ1n) is 6.46. The number of amides is 1. The Kier molecular flexibility index (Phi) is 5.51. The number of rotatable bonds is 5. The lowest BCUT2D eigenvalue weighted by molar-refractivity contribution is -0.125. The van der Waals surface area contributed by atoms with E-state index in [0.717, 1.165) is 5.56 Å². The molecule has 4 heteroatoms. The van der Waals surface area contributed by atoms with Crippen molar-refractivity contribution in [3.05, 3.63) is 35.9 Å². The summed E-state index contributed by atoms with van der Waals surface area (Å²) in [6, 6.07) is 9.03. The number of hydrogen-bond acceptors (Lipinski definition) is 3. The van der Waals surface area contributed by atoms with Crippen LogP contribution in [0.3, 0.4) is 0 Å². The Balaban J connectivity index is 2.77. The lowest BCUT2D eigenvalue weighted by Gasteiger charge is -2.28. The zero-order valence-electron chi connectivity index (χ0n) is 12.1. The first-order valence-corrected chi connectivity index (χ1v) is 6.46. The summed E-state index contributed by atoms with van der Waals surface area (Å²) in [5.74, 6) is -0.154. The first kappa shape index (κ1) is 15.7. The van der Waals surface area contributed by atoms with Crippen LogP contribution >= 0.6 is 0 Å². The Morgan fingerprint density at radius 1 is 1.32 bits per heavy atom. The van der Waals surface area contributed by atoms with Gasteiger partial charge in [0.25, 0.3) is 0 Å². The quantitative estimate of drug-likeness (QED) is 0.853. The van der Waals surface area contributed by atoms with E-state index in [0.29, 0.717) is 6.61 Å². The van der Waals surface area contributed by atoms with Gasteiger partial charge in [-0.05, 0) is 11.0 Å². The van der Waals surface area contributed by atoms with Gasteiger partial charge in [-0.1, -0.05) is 51.1 Å². The summed E-state index contributed by atoms with van der Waals surface area (Å²) in [7, 11) is 1.62. The molecule has 0 aliphatic rings. The highest BCUT2D eigenvalue weighted by Crippen LogP contribution is 2.19. The number of hydrogen-bond donors (Lipinski definition) is 2. The number of carbonyl (C=O) groups excluding carboxylic acids is 1. The van der Waals surface area contributed by atoms with Gasteiger partial charge in [0.05, 0.1) is 18.7 Å². The number of carbonyl (C=O) groups is 1. The molecule has 1 rings (SSSR count). The van der Waals surface area contributed by atoms with Crippen LogP contribution in [0.15, 0.2) is 30.3 Å². The van der Waals surface area contributed by atoms with Gasteiger partial charge >= 0.3 is 0 Å². The van der Waals surface area contributed by atoms with Gasteiger partial charge in [-0.25, -0.2) is 0 Å². The van der Waals surface area contributed by atoms with E-state index in [1.54, 1.807) is 7.11 Å². The molecule has 2 unspecified atom stereocenters. The van der Waals surface area contributed by atoms with Gasteiger partial charge in [0, 0.05) is 7.11 Å². The van der Waals surface area contributed by atoms with Crippen LogP contribution in [0.4, 0.5) is 0 Å². The minimum absolute atomic E-state index is 0.154. The summed E-state index contributed by atoms with van der Waals surface area (Å²) in [4.78, 5) is 12.2. The van der Waals surface area contributed by atoms with Crippen LogP contribution < -0.4 is 11.1 Å². The van der Waals surface area contributed by atoms with Crippen molar-refractivity contribution >= 4 is 5.91 Å². The molecule has 0 fully saturated rings. The van der Waals surface area contributed by atoms with E-state index in [-0.39, 0.29) is 17.4 Å². The summed E-state index contributed by atoms with van der Waals surface area (Å²) >= 11 is 0. The topological polar surface area (TPSA) is 64.3 Å². The van der Waals surface area contributed by atoms with Crippen molar-refractivity contribution in [2.75, 3.05) is 13.7 Å². The zero-order valence-corrected chi connectivity index (χ0v) is 12.1. The lowest BCUT2D eigenvalue weighted by Crippen LogP contribution is -2.50. The van der Waals surface area contributed by atoms with Crippen molar-refractivity contribution in [1.29, 1.82) is 0 Å². The van der Waals surface area contributed by atoms with E-state index in [9.17, 15) is 4.79 Å². The molecule has 19 heavy (non-hydrogen) atoms. The fourth-order valence-electron chi connectivity index (χ4n) is 1.73. The highest BCUT2D eigenvalue weighted by Gasteiger charge is 2.29. The van der Waals surface area contributed by atoms with Crippen LogP contribution in [0, 0.1) is 5.41 Å². The average molecular weight is 264 g/mol. The highest BCUT2D eigenvalue weighted by molar-refractivity contribution is 5.82. The normalized spacial score (nSPS) is 14.8. The first-order chi connectivity index (χ1) is 8.86. The minimum atomic E-state index is -0.546. The SMILES string of the molecule is COCC(NC(=O)C(N)C(C)(C)C)c1ccccc1. The van der Waals surface area contributed by atoms with Crippen LogP contribution in [0.1, 0.15) is 32.4 Å². The smallest absolute Gasteiger partial charge is 0.238 e. The van der Waals surface area contributed by atoms with Gasteiger partial charge in [-0.2, -0.15) is 0 Å². The maximum atomic E-state index is 12.2. The molecule has 0 bridgehead atoms. The molecule has 0 saturated carbocycles. The summed E-state index contributed by atoms with van der Waals surface area (Å²) < 4.78 is 5.17. The maximum absolute atomic E-state index is 12.2. The van der Waals surface area contributed by atoms with E-state index in [2.05, 4.69) is 5.32 Å². The van der Waals surface area contributed by atoms with E-state index >= 15 is 0 Å². The van der Waals surface area contributed by atoms with Crippen molar-refractivity contribution in [1.82, 2.24) is 5.32 Å². The zero-order chi connectivity index (χ0) is 14.5. The molecule has 0 aromatic heterocycles. The third kappa shape index (κ3) is 4.65. The van der Waals surface area contributed by atoms with Gasteiger partial charge in [-0.15, -0.1) is 0 Å². The molecule has 1 aromatic carbocycles. The minimum Gasteiger partial charge on any atom is -0.382 e. The van der Waals surface area contributed by atoms with Crippen molar-refractivity contribution in [3.8, 4) is 0 Å². The largest absolute Gasteiger partial charge is 0.382 e. The van der Waals surface area contributed by atoms with Gasteiger partial charge < -0.3 is 15.8 Å². The predicted molar refractivity (Wildman–Crippen MR) is 76.6 cm³/mol. The third-order valence-electron chi connectivity index (χ3n) is 3.07.